The molecule has 1 unspecified atom stereocenters. The van der Waals surface area contributed by atoms with Crippen molar-refractivity contribution < 1.29 is 27.4 Å². The standard InChI is InChI=1S/C18H18F3NO3/c1-3-24-17(23)16-6-4-5-15(22-16)12(2)25-11-13-7-9-14(10-8-13)18(19,20)21/h4-10,12H,3,11H2,1-2H3. The Kier molecular flexibility index (Phi) is 6.14. The molecule has 4 nitrogen and oxygen atoms in total. The van der Waals surface area contributed by atoms with Gasteiger partial charge in [0.1, 0.15) is 5.69 Å². The minimum atomic E-state index is -4.36. The van der Waals surface area contributed by atoms with Crippen LogP contribution in [0.25, 0.3) is 0 Å². The molecule has 0 radical (unpaired) electrons. The summed E-state index contributed by atoms with van der Waals surface area (Å²) < 4.78 is 48.1. The van der Waals surface area contributed by atoms with E-state index in [1.807, 2.05) is 0 Å². The third-order valence-electron chi connectivity index (χ3n) is 3.45. The maximum Gasteiger partial charge on any atom is 0.416 e. The van der Waals surface area contributed by atoms with Crippen LogP contribution in [0.2, 0.25) is 0 Å². The van der Waals surface area contributed by atoms with E-state index in [0.717, 1.165) is 12.1 Å². The molecule has 1 atom stereocenters. The number of hydrogen-bond acceptors (Lipinski definition) is 4. The van der Waals surface area contributed by atoms with Gasteiger partial charge in [-0.25, -0.2) is 9.78 Å². The quantitative estimate of drug-likeness (QED) is 0.715. The SMILES string of the molecule is CCOC(=O)c1cccc(C(C)OCc2ccc(C(F)(F)F)cc2)n1. The Labute approximate surface area is 143 Å². The normalized spacial score (nSPS) is 12.7. The van der Waals surface area contributed by atoms with E-state index in [1.165, 1.54) is 12.1 Å². The van der Waals surface area contributed by atoms with Gasteiger partial charge in [-0.15, -0.1) is 0 Å². The summed E-state index contributed by atoms with van der Waals surface area (Å²) in [6.07, 6.45) is -4.79. The number of hydrogen-bond donors (Lipinski definition) is 0. The second-order valence-electron chi connectivity index (χ2n) is 5.32. The molecular formula is C18H18F3NO3. The zero-order chi connectivity index (χ0) is 18.4. The number of carbonyl (C=O) groups excluding carboxylic acids is 1. The summed E-state index contributed by atoms with van der Waals surface area (Å²) in [5.74, 6) is -0.515. The molecule has 2 aromatic rings. The third-order valence-corrected chi connectivity index (χ3v) is 3.45. The number of esters is 1. The van der Waals surface area contributed by atoms with Crippen molar-refractivity contribution >= 4 is 5.97 Å². The second-order valence-corrected chi connectivity index (χ2v) is 5.32. The predicted octanol–water partition coefficient (Wildman–Crippen LogP) is 4.55. The van der Waals surface area contributed by atoms with Gasteiger partial charge in [0.25, 0.3) is 0 Å². The number of carbonyl (C=O) groups is 1. The van der Waals surface area contributed by atoms with Crippen LogP contribution in [0, 0.1) is 0 Å². The van der Waals surface area contributed by atoms with Gasteiger partial charge in [-0.1, -0.05) is 18.2 Å². The van der Waals surface area contributed by atoms with Gasteiger partial charge in [-0.05, 0) is 43.7 Å². The largest absolute Gasteiger partial charge is 0.461 e. The number of alkyl halides is 3. The van der Waals surface area contributed by atoms with E-state index < -0.39 is 23.8 Å². The van der Waals surface area contributed by atoms with Crippen LogP contribution in [-0.2, 0) is 22.3 Å². The number of nitrogens with zero attached hydrogens (tertiary/aromatic N) is 1. The summed E-state index contributed by atoms with van der Waals surface area (Å²) >= 11 is 0. The first-order valence-corrected chi connectivity index (χ1v) is 7.73. The van der Waals surface area contributed by atoms with Crippen LogP contribution in [0.15, 0.2) is 42.5 Å². The van der Waals surface area contributed by atoms with Crippen molar-refractivity contribution in [2.75, 3.05) is 6.61 Å². The Morgan fingerprint density at radius 1 is 1.16 bits per heavy atom. The molecule has 0 aliphatic heterocycles. The molecule has 134 valence electrons. The van der Waals surface area contributed by atoms with Gasteiger partial charge in [0.05, 0.1) is 30.6 Å². The fourth-order valence-corrected chi connectivity index (χ4v) is 2.09. The monoisotopic (exact) mass is 353 g/mol. The topological polar surface area (TPSA) is 48.4 Å². The molecule has 1 heterocycles. The molecule has 0 bridgehead atoms. The van der Waals surface area contributed by atoms with E-state index in [1.54, 1.807) is 32.0 Å². The fourth-order valence-electron chi connectivity index (χ4n) is 2.09. The first-order chi connectivity index (χ1) is 11.8. The molecule has 0 spiro atoms. The summed E-state index contributed by atoms with van der Waals surface area (Å²) in [6, 6.07) is 9.71. The number of benzene rings is 1. The second kappa shape index (κ2) is 8.11. The Balaban J connectivity index is 1.99. The smallest absolute Gasteiger partial charge is 0.416 e. The van der Waals surface area contributed by atoms with Crippen molar-refractivity contribution in [2.45, 2.75) is 32.7 Å². The maximum absolute atomic E-state index is 12.5. The highest BCUT2D eigenvalue weighted by atomic mass is 19.4. The molecule has 7 heteroatoms. The molecule has 0 N–H and O–H groups in total. The molecule has 0 amide bonds. The molecule has 0 aliphatic rings. The van der Waals surface area contributed by atoms with Gasteiger partial charge in [-0.3, -0.25) is 0 Å². The number of ether oxygens (including phenoxy) is 2. The van der Waals surface area contributed by atoms with Crippen molar-refractivity contribution in [3.8, 4) is 0 Å². The van der Waals surface area contributed by atoms with Gasteiger partial charge in [0.15, 0.2) is 0 Å². The molecule has 0 saturated heterocycles. The number of halogens is 3. The lowest BCUT2D eigenvalue weighted by molar-refractivity contribution is -0.137. The molecule has 25 heavy (non-hydrogen) atoms. The fraction of sp³-hybridized carbons (Fsp3) is 0.333. The summed E-state index contributed by atoms with van der Waals surface area (Å²) in [6.45, 7) is 3.84. The predicted molar refractivity (Wildman–Crippen MR) is 84.8 cm³/mol. The van der Waals surface area contributed by atoms with Crippen LogP contribution in [-0.4, -0.2) is 17.6 Å². The van der Waals surface area contributed by atoms with E-state index in [4.69, 9.17) is 9.47 Å². The molecule has 1 aromatic carbocycles. The van der Waals surface area contributed by atoms with Gasteiger partial charge in [-0.2, -0.15) is 13.2 Å². The lowest BCUT2D eigenvalue weighted by Gasteiger charge is -2.14. The Morgan fingerprint density at radius 2 is 1.84 bits per heavy atom. The lowest BCUT2D eigenvalue weighted by Crippen LogP contribution is -2.10. The molecule has 0 fully saturated rings. The van der Waals surface area contributed by atoms with Gasteiger partial charge in [0, 0.05) is 0 Å². The molecule has 2 rings (SSSR count). The molecule has 0 saturated carbocycles. The average Bonchev–Trinajstić information content (AvgIpc) is 2.59. The van der Waals surface area contributed by atoms with E-state index in [2.05, 4.69) is 4.98 Å². The summed E-state index contributed by atoms with van der Waals surface area (Å²) in [5.41, 5.74) is 0.635. The number of rotatable bonds is 6. The summed E-state index contributed by atoms with van der Waals surface area (Å²) in [7, 11) is 0. The third kappa shape index (κ3) is 5.29. The zero-order valence-electron chi connectivity index (χ0n) is 13.8. The van der Waals surface area contributed by atoms with Gasteiger partial charge >= 0.3 is 12.1 Å². The summed E-state index contributed by atoms with van der Waals surface area (Å²) in [5, 5.41) is 0. The van der Waals surface area contributed by atoms with E-state index >= 15 is 0 Å². The minimum Gasteiger partial charge on any atom is -0.461 e. The first-order valence-electron chi connectivity index (χ1n) is 7.73. The Bertz CT molecular complexity index is 714. The number of aromatic nitrogens is 1. The van der Waals surface area contributed by atoms with Crippen molar-refractivity contribution in [1.29, 1.82) is 0 Å². The molecular weight excluding hydrogens is 335 g/mol. The lowest BCUT2D eigenvalue weighted by atomic mass is 10.1. The van der Waals surface area contributed by atoms with Crippen molar-refractivity contribution in [3.05, 3.63) is 65.0 Å². The van der Waals surface area contributed by atoms with E-state index in [0.29, 0.717) is 11.3 Å². The van der Waals surface area contributed by atoms with Gasteiger partial charge < -0.3 is 9.47 Å². The Morgan fingerprint density at radius 3 is 2.44 bits per heavy atom. The van der Waals surface area contributed by atoms with Crippen LogP contribution >= 0.6 is 0 Å². The van der Waals surface area contributed by atoms with Crippen LogP contribution in [0.3, 0.4) is 0 Å². The van der Waals surface area contributed by atoms with Crippen LogP contribution < -0.4 is 0 Å². The van der Waals surface area contributed by atoms with E-state index in [-0.39, 0.29) is 18.9 Å². The van der Waals surface area contributed by atoms with Crippen LogP contribution in [0.1, 0.15) is 47.3 Å². The molecule has 0 aliphatic carbocycles. The van der Waals surface area contributed by atoms with E-state index in [9.17, 15) is 18.0 Å². The van der Waals surface area contributed by atoms with Crippen molar-refractivity contribution in [3.63, 3.8) is 0 Å². The van der Waals surface area contributed by atoms with Crippen molar-refractivity contribution in [2.24, 2.45) is 0 Å². The van der Waals surface area contributed by atoms with Crippen LogP contribution in [0.5, 0.6) is 0 Å². The highest BCUT2D eigenvalue weighted by molar-refractivity contribution is 5.87. The maximum atomic E-state index is 12.5. The highest BCUT2D eigenvalue weighted by Crippen LogP contribution is 2.29. The minimum absolute atomic E-state index is 0.130. The number of pyridine rings is 1. The molecule has 1 aromatic heterocycles. The Hall–Kier alpha value is -2.41. The average molecular weight is 353 g/mol. The van der Waals surface area contributed by atoms with Crippen molar-refractivity contribution in [1.82, 2.24) is 4.98 Å². The first kappa shape index (κ1) is 18.9. The zero-order valence-corrected chi connectivity index (χ0v) is 13.8. The van der Waals surface area contributed by atoms with Crippen LogP contribution in [0.4, 0.5) is 13.2 Å². The highest BCUT2D eigenvalue weighted by Gasteiger charge is 2.29. The van der Waals surface area contributed by atoms with Gasteiger partial charge in [0.2, 0.25) is 0 Å². The summed E-state index contributed by atoms with van der Waals surface area (Å²) in [4.78, 5) is 15.9.